The predicted octanol–water partition coefficient (Wildman–Crippen LogP) is 3.52. The maximum absolute atomic E-state index is 12.7. The fourth-order valence-corrected chi connectivity index (χ4v) is 5.47. The number of ether oxygens (including phenoxy) is 2. The first-order valence-corrected chi connectivity index (χ1v) is 13.3. The number of carbonyl (C=O) groups excluding carboxylic acids is 2. The van der Waals surface area contributed by atoms with Crippen LogP contribution in [0.25, 0.3) is 0 Å². The van der Waals surface area contributed by atoms with Crippen molar-refractivity contribution < 1.29 is 19.1 Å². The second kappa shape index (κ2) is 11.0. The molecular weight excluding hydrogens is 516 g/mol. The molecule has 0 unspecified atom stereocenters. The van der Waals surface area contributed by atoms with Gasteiger partial charge in [0, 0.05) is 25.8 Å². The van der Waals surface area contributed by atoms with Crippen LogP contribution < -0.4 is 19.9 Å². The first-order valence-electron chi connectivity index (χ1n) is 11.9. The van der Waals surface area contributed by atoms with E-state index in [1.165, 1.54) is 11.8 Å². The Morgan fingerprint density at radius 2 is 1.95 bits per heavy atom. The van der Waals surface area contributed by atoms with Crippen LogP contribution in [-0.4, -0.2) is 65.2 Å². The van der Waals surface area contributed by atoms with Crippen molar-refractivity contribution in [2.24, 2.45) is 7.05 Å². The molecule has 3 heterocycles. The van der Waals surface area contributed by atoms with E-state index in [9.17, 15) is 9.59 Å². The summed E-state index contributed by atoms with van der Waals surface area (Å²) in [7, 11) is 1.83. The SMILES string of the molecule is C[C@H](c1nnc(SCC(=O)Nc2ccc(N3CCOCC3)c(Cl)c2)n1C)N1C(=O)COc2ccccc21. The van der Waals surface area contributed by atoms with E-state index in [0.29, 0.717) is 46.3 Å². The van der Waals surface area contributed by atoms with Crippen LogP contribution in [0.3, 0.4) is 0 Å². The number of fused-ring (bicyclic) bond motifs is 1. The second-order valence-corrected chi connectivity index (χ2v) is 10.0. The Hall–Kier alpha value is -3.28. The van der Waals surface area contributed by atoms with Crippen LogP contribution in [0.15, 0.2) is 47.6 Å². The minimum atomic E-state index is -0.370. The molecule has 2 amide bonds. The third-order valence-electron chi connectivity index (χ3n) is 6.29. The minimum absolute atomic E-state index is 0.0293. The fourth-order valence-electron chi connectivity index (χ4n) is 4.45. The van der Waals surface area contributed by atoms with Crippen LogP contribution >= 0.6 is 23.4 Å². The van der Waals surface area contributed by atoms with Crippen molar-refractivity contribution in [3.05, 3.63) is 53.3 Å². The van der Waals surface area contributed by atoms with Crippen LogP contribution in [-0.2, 0) is 21.4 Å². The van der Waals surface area contributed by atoms with Gasteiger partial charge in [-0.2, -0.15) is 0 Å². The van der Waals surface area contributed by atoms with Gasteiger partial charge < -0.3 is 24.3 Å². The van der Waals surface area contributed by atoms with Crippen molar-refractivity contribution >= 4 is 52.2 Å². The molecule has 1 saturated heterocycles. The lowest BCUT2D eigenvalue weighted by Gasteiger charge is -2.33. The molecule has 2 aromatic carbocycles. The van der Waals surface area contributed by atoms with E-state index in [-0.39, 0.29) is 30.2 Å². The van der Waals surface area contributed by atoms with Crippen LogP contribution in [0.4, 0.5) is 17.1 Å². The van der Waals surface area contributed by atoms with E-state index in [4.69, 9.17) is 21.1 Å². The van der Waals surface area contributed by atoms with Gasteiger partial charge >= 0.3 is 0 Å². The number of amides is 2. The van der Waals surface area contributed by atoms with Crippen LogP contribution in [0.2, 0.25) is 5.02 Å². The average Bonchev–Trinajstić information content (AvgIpc) is 3.27. The number of rotatable bonds is 7. The lowest BCUT2D eigenvalue weighted by atomic mass is 10.1. The number of benzene rings is 2. The molecule has 1 N–H and O–H groups in total. The number of carbonyl (C=O) groups is 2. The van der Waals surface area contributed by atoms with Crippen molar-refractivity contribution in [2.45, 2.75) is 18.1 Å². The largest absolute Gasteiger partial charge is 0.482 e. The number of halogens is 1. The van der Waals surface area contributed by atoms with E-state index >= 15 is 0 Å². The highest BCUT2D eigenvalue weighted by Crippen LogP contribution is 2.37. The van der Waals surface area contributed by atoms with Crippen molar-refractivity contribution in [3.8, 4) is 5.75 Å². The Morgan fingerprint density at radius 3 is 2.73 bits per heavy atom. The number of morpholine rings is 1. The fraction of sp³-hybridized carbons (Fsp3) is 0.360. The summed E-state index contributed by atoms with van der Waals surface area (Å²) in [6.45, 7) is 4.78. The van der Waals surface area contributed by atoms with E-state index in [1.54, 1.807) is 11.0 Å². The monoisotopic (exact) mass is 542 g/mol. The molecule has 1 aromatic heterocycles. The molecule has 0 radical (unpaired) electrons. The summed E-state index contributed by atoms with van der Waals surface area (Å²) in [5, 5.41) is 12.6. The van der Waals surface area contributed by atoms with Gasteiger partial charge in [-0.1, -0.05) is 35.5 Å². The molecule has 0 spiro atoms. The molecule has 1 atom stereocenters. The first kappa shape index (κ1) is 25.4. The number of aromatic nitrogens is 3. The molecule has 12 heteroatoms. The molecular formula is C25H27ClN6O4S. The minimum Gasteiger partial charge on any atom is -0.482 e. The van der Waals surface area contributed by atoms with Gasteiger partial charge in [0.1, 0.15) is 5.75 Å². The lowest BCUT2D eigenvalue weighted by molar-refractivity contribution is -0.121. The van der Waals surface area contributed by atoms with Crippen LogP contribution in [0.5, 0.6) is 5.75 Å². The zero-order valence-electron chi connectivity index (χ0n) is 20.5. The van der Waals surface area contributed by atoms with E-state index in [0.717, 1.165) is 18.8 Å². The van der Waals surface area contributed by atoms with Gasteiger partial charge in [-0.15, -0.1) is 10.2 Å². The third kappa shape index (κ3) is 5.39. The third-order valence-corrected chi connectivity index (χ3v) is 7.61. The number of hydrogen-bond acceptors (Lipinski definition) is 8. The molecule has 3 aromatic rings. The normalized spacial score (nSPS) is 16.2. The summed E-state index contributed by atoms with van der Waals surface area (Å²) in [6, 6.07) is 12.6. The summed E-state index contributed by atoms with van der Waals surface area (Å²) in [6.07, 6.45) is 0. The number of hydrogen-bond donors (Lipinski definition) is 1. The topological polar surface area (TPSA) is 102 Å². The molecule has 2 aliphatic heterocycles. The highest BCUT2D eigenvalue weighted by atomic mass is 35.5. The number of nitrogens with zero attached hydrogens (tertiary/aromatic N) is 5. The summed E-state index contributed by atoms with van der Waals surface area (Å²) >= 11 is 7.75. The van der Waals surface area contributed by atoms with Gasteiger partial charge in [-0.3, -0.25) is 14.5 Å². The van der Waals surface area contributed by atoms with Crippen molar-refractivity contribution in [1.82, 2.24) is 14.8 Å². The van der Waals surface area contributed by atoms with E-state index in [2.05, 4.69) is 20.4 Å². The predicted molar refractivity (Wildman–Crippen MR) is 143 cm³/mol. The number of thioether (sulfide) groups is 1. The number of nitrogens with one attached hydrogen (secondary N) is 1. The summed E-state index contributed by atoms with van der Waals surface area (Å²) in [4.78, 5) is 29.2. The van der Waals surface area contributed by atoms with Crippen molar-refractivity contribution in [3.63, 3.8) is 0 Å². The maximum Gasteiger partial charge on any atom is 0.265 e. The smallest absolute Gasteiger partial charge is 0.265 e. The van der Waals surface area contributed by atoms with Crippen LogP contribution in [0, 0.1) is 0 Å². The van der Waals surface area contributed by atoms with Gasteiger partial charge in [-0.25, -0.2) is 0 Å². The highest BCUT2D eigenvalue weighted by molar-refractivity contribution is 7.99. The molecule has 0 saturated carbocycles. The number of anilines is 3. The van der Waals surface area contributed by atoms with E-state index in [1.807, 2.05) is 54.9 Å². The quantitative estimate of drug-likeness (QED) is 0.452. The molecule has 0 bridgehead atoms. The summed E-state index contributed by atoms with van der Waals surface area (Å²) < 4.78 is 12.8. The zero-order valence-corrected chi connectivity index (χ0v) is 22.1. The molecule has 37 heavy (non-hydrogen) atoms. The summed E-state index contributed by atoms with van der Waals surface area (Å²) in [5.74, 6) is 1.07. The van der Waals surface area contributed by atoms with Crippen LogP contribution in [0.1, 0.15) is 18.8 Å². The summed E-state index contributed by atoms with van der Waals surface area (Å²) in [5.41, 5.74) is 2.25. The van der Waals surface area contributed by atoms with E-state index < -0.39 is 0 Å². The highest BCUT2D eigenvalue weighted by Gasteiger charge is 2.32. The maximum atomic E-state index is 12.7. The Kier molecular flexibility index (Phi) is 7.54. The lowest BCUT2D eigenvalue weighted by Crippen LogP contribution is -2.41. The Balaban J connectivity index is 1.21. The average molecular weight is 543 g/mol. The molecule has 10 nitrogen and oxygen atoms in total. The molecule has 0 aliphatic carbocycles. The standard InChI is InChI=1S/C25H27ClN6O4S/c1-16(32-20-5-3-4-6-21(20)36-14-23(32)34)24-28-29-25(30(24)2)37-15-22(33)27-17-7-8-19(18(26)13-17)31-9-11-35-12-10-31/h3-8,13,16H,9-12,14-15H2,1-2H3,(H,27,33)/t16-/m1/s1. The Morgan fingerprint density at radius 1 is 1.16 bits per heavy atom. The Labute approximate surface area is 223 Å². The molecule has 1 fully saturated rings. The molecule has 194 valence electrons. The Bertz CT molecular complexity index is 1310. The zero-order chi connectivity index (χ0) is 25.9. The van der Waals surface area contributed by atoms with Gasteiger partial charge in [-0.05, 0) is 37.3 Å². The van der Waals surface area contributed by atoms with Crippen molar-refractivity contribution in [1.29, 1.82) is 0 Å². The van der Waals surface area contributed by atoms with Crippen molar-refractivity contribution in [2.75, 3.05) is 53.8 Å². The second-order valence-electron chi connectivity index (χ2n) is 8.70. The molecule has 2 aliphatic rings. The van der Waals surface area contributed by atoms with Gasteiger partial charge in [0.15, 0.2) is 17.6 Å². The molecule has 5 rings (SSSR count). The van der Waals surface area contributed by atoms with Gasteiger partial charge in [0.25, 0.3) is 5.91 Å². The number of para-hydroxylation sites is 2. The van der Waals surface area contributed by atoms with Gasteiger partial charge in [0.2, 0.25) is 5.91 Å². The first-order chi connectivity index (χ1) is 17.9. The van der Waals surface area contributed by atoms with Gasteiger partial charge in [0.05, 0.1) is 41.4 Å².